The van der Waals surface area contributed by atoms with Crippen LogP contribution in [-0.2, 0) is 17.5 Å². The number of hydrogen-bond acceptors (Lipinski definition) is 6. The van der Waals surface area contributed by atoms with Crippen LogP contribution in [0.5, 0.6) is 0 Å². The van der Waals surface area contributed by atoms with Gasteiger partial charge >= 0.3 is 6.18 Å². The van der Waals surface area contributed by atoms with Crippen molar-refractivity contribution in [2.75, 3.05) is 18.5 Å². The molecule has 176 valence electrons. The van der Waals surface area contributed by atoms with Crippen LogP contribution < -0.4 is 10.6 Å². The number of aromatic nitrogens is 4. The van der Waals surface area contributed by atoms with Crippen LogP contribution in [-0.4, -0.2) is 44.7 Å². The number of carbonyl (C=O) groups is 1. The number of halogens is 3. The minimum absolute atomic E-state index is 0. The molecular formula is C21H23F3N6O2S. The van der Waals surface area contributed by atoms with Crippen molar-refractivity contribution in [1.82, 2.24) is 24.8 Å². The van der Waals surface area contributed by atoms with Crippen molar-refractivity contribution in [1.29, 1.82) is 0 Å². The number of hydrogen-bond donors (Lipinski definition) is 2. The number of amides is 1. The molecule has 1 amide bonds. The molecule has 4 rings (SSSR count). The molecule has 0 saturated carbocycles. The minimum atomic E-state index is -4.44. The highest BCUT2D eigenvalue weighted by atomic mass is 32.1. The van der Waals surface area contributed by atoms with Crippen molar-refractivity contribution in [3.05, 3.63) is 65.4 Å². The maximum Gasteiger partial charge on any atom is 0.416 e. The summed E-state index contributed by atoms with van der Waals surface area (Å²) in [6.07, 6.45) is 1.07. The molecule has 33 heavy (non-hydrogen) atoms. The molecule has 8 nitrogen and oxygen atoms in total. The lowest BCUT2D eigenvalue weighted by Gasteiger charge is -2.12. The van der Waals surface area contributed by atoms with Gasteiger partial charge in [0.15, 0.2) is 0 Å². The number of aryl methyl sites for hydroxylation is 1. The average Bonchev–Trinajstić information content (AvgIpc) is 3.45. The van der Waals surface area contributed by atoms with E-state index in [0.717, 1.165) is 24.1 Å². The largest absolute Gasteiger partial charge is 0.416 e. The average molecular weight is 481 g/mol. The highest BCUT2D eigenvalue weighted by molar-refractivity contribution is 7.59. The highest BCUT2D eigenvalue weighted by Gasteiger charge is 2.30. The predicted octanol–water partition coefficient (Wildman–Crippen LogP) is 3.23. The summed E-state index contributed by atoms with van der Waals surface area (Å²) in [5.74, 6) is 0.505. The van der Waals surface area contributed by atoms with E-state index in [1.165, 1.54) is 24.7 Å². The van der Waals surface area contributed by atoms with Crippen LogP contribution >= 0.6 is 13.5 Å². The van der Waals surface area contributed by atoms with E-state index in [9.17, 15) is 18.0 Å². The van der Waals surface area contributed by atoms with Gasteiger partial charge in [-0.15, -0.1) is 0 Å². The van der Waals surface area contributed by atoms with Gasteiger partial charge in [0.25, 0.3) is 5.91 Å². The quantitative estimate of drug-likeness (QED) is 0.563. The van der Waals surface area contributed by atoms with Crippen LogP contribution in [0.4, 0.5) is 19.1 Å². The lowest BCUT2D eigenvalue weighted by atomic mass is 10.1. The Labute approximate surface area is 195 Å². The zero-order chi connectivity index (χ0) is 22.7. The van der Waals surface area contributed by atoms with Crippen molar-refractivity contribution >= 4 is 25.4 Å². The Kier molecular flexibility index (Phi) is 7.59. The number of carbonyl (C=O) groups excluding carboxylic acids is 1. The van der Waals surface area contributed by atoms with Crippen LogP contribution in [0.1, 0.15) is 33.6 Å². The van der Waals surface area contributed by atoms with Crippen LogP contribution in [0.15, 0.2) is 43.0 Å². The highest BCUT2D eigenvalue weighted by Crippen LogP contribution is 2.29. The Morgan fingerprint density at radius 1 is 1.30 bits per heavy atom. The van der Waals surface area contributed by atoms with Gasteiger partial charge < -0.3 is 15.4 Å². The Hall–Kier alpha value is -3.12. The van der Waals surface area contributed by atoms with Gasteiger partial charge in [-0.05, 0) is 31.0 Å². The minimum Gasteiger partial charge on any atom is -0.379 e. The SMILES string of the molecule is Cc1cnc(NC2CCOC2)nc1-n1cnc(C(=O)NCc2cccc(C(F)(F)F)c2)c1.S. The lowest BCUT2D eigenvalue weighted by Crippen LogP contribution is -2.23. The fourth-order valence-corrected chi connectivity index (χ4v) is 3.28. The van der Waals surface area contributed by atoms with Crippen LogP contribution in [0, 0.1) is 6.92 Å². The first-order valence-electron chi connectivity index (χ1n) is 9.96. The number of imidazole rings is 1. The number of alkyl halides is 3. The summed E-state index contributed by atoms with van der Waals surface area (Å²) in [7, 11) is 0. The molecule has 12 heteroatoms. The fourth-order valence-electron chi connectivity index (χ4n) is 3.28. The smallest absolute Gasteiger partial charge is 0.379 e. The molecule has 2 N–H and O–H groups in total. The monoisotopic (exact) mass is 480 g/mol. The van der Waals surface area contributed by atoms with Gasteiger partial charge in [0.2, 0.25) is 5.95 Å². The summed E-state index contributed by atoms with van der Waals surface area (Å²) in [6, 6.07) is 4.96. The van der Waals surface area contributed by atoms with Gasteiger partial charge in [-0.2, -0.15) is 31.7 Å². The second-order valence-corrected chi connectivity index (χ2v) is 7.45. The normalized spacial score (nSPS) is 15.7. The maximum absolute atomic E-state index is 12.8. The summed E-state index contributed by atoms with van der Waals surface area (Å²) in [4.78, 5) is 25.4. The second-order valence-electron chi connectivity index (χ2n) is 7.45. The molecule has 3 aromatic rings. The van der Waals surface area contributed by atoms with Crippen molar-refractivity contribution < 1.29 is 22.7 Å². The van der Waals surface area contributed by atoms with Gasteiger partial charge in [-0.1, -0.05) is 12.1 Å². The molecule has 1 fully saturated rings. The number of rotatable bonds is 6. The third kappa shape index (κ3) is 6.02. The molecule has 1 saturated heterocycles. The van der Waals surface area contributed by atoms with E-state index in [4.69, 9.17) is 4.74 Å². The zero-order valence-electron chi connectivity index (χ0n) is 17.7. The van der Waals surface area contributed by atoms with Gasteiger partial charge in [-0.25, -0.2) is 9.97 Å². The summed E-state index contributed by atoms with van der Waals surface area (Å²) in [6.45, 7) is 3.07. The van der Waals surface area contributed by atoms with E-state index in [-0.39, 0.29) is 31.8 Å². The van der Waals surface area contributed by atoms with Gasteiger partial charge in [0.1, 0.15) is 17.8 Å². The van der Waals surface area contributed by atoms with E-state index in [2.05, 4.69) is 25.6 Å². The summed E-state index contributed by atoms with van der Waals surface area (Å²) >= 11 is 0. The molecule has 1 aliphatic rings. The maximum atomic E-state index is 12.8. The topological polar surface area (TPSA) is 94.0 Å². The van der Waals surface area contributed by atoms with Crippen molar-refractivity contribution in [3.63, 3.8) is 0 Å². The molecule has 1 aromatic carbocycles. The number of benzene rings is 1. The summed E-state index contributed by atoms with van der Waals surface area (Å²) < 4.78 is 45.5. The standard InChI is InChI=1S/C21H21F3N6O2.H2S/c1-13-8-26-20(28-16-5-6-32-11-16)29-18(13)30-10-17(27-12-30)19(31)25-9-14-3-2-4-15(7-14)21(22,23)24;/h2-4,7-8,10,12,16H,5-6,9,11H2,1H3,(H,25,31)(H,26,28,29);1H2. The molecule has 1 atom stereocenters. The molecule has 1 unspecified atom stereocenters. The van der Waals surface area contributed by atoms with Crippen LogP contribution in [0.2, 0.25) is 0 Å². The predicted molar refractivity (Wildman–Crippen MR) is 120 cm³/mol. The molecule has 3 heterocycles. The van der Waals surface area contributed by atoms with Crippen molar-refractivity contribution in [2.24, 2.45) is 0 Å². The Bertz CT molecular complexity index is 1120. The molecular weight excluding hydrogens is 457 g/mol. The lowest BCUT2D eigenvalue weighted by molar-refractivity contribution is -0.137. The summed E-state index contributed by atoms with van der Waals surface area (Å²) in [5, 5.41) is 5.81. The van der Waals surface area contributed by atoms with E-state index in [1.807, 2.05) is 6.92 Å². The molecule has 0 aliphatic carbocycles. The Morgan fingerprint density at radius 3 is 2.85 bits per heavy atom. The first kappa shape index (κ1) is 24.5. The van der Waals surface area contributed by atoms with E-state index in [1.54, 1.807) is 10.8 Å². The molecule has 0 bridgehead atoms. The summed E-state index contributed by atoms with van der Waals surface area (Å²) in [5.41, 5.74) is 0.479. The number of nitrogens with one attached hydrogen (secondary N) is 2. The fraction of sp³-hybridized carbons (Fsp3) is 0.333. The third-order valence-electron chi connectivity index (χ3n) is 4.98. The first-order valence-corrected chi connectivity index (χ1v) is 9.96. The molecule has 1 aliphatic heterocycles. The molecule has 0 spiro atoms. The van der Waals surface area contributed by atoms with Gasteiger partial charge in [0, 0.05) is 31.1 Å². The molecule has 0 radical (unpaired) electrons. The van der Waals surface area contributed by atoms with E-state index in [0.29, 0.717) is 30.5 Å². The number of anilines is 1. The molecule has 2 aromatic heterocycles. The van der Waals surface area contributed by atoms with E-state index >= 15 is 0 Å². The van der Waals surface area contributed by atoms with Crippen LogP contribution in [0.25, 0.3) is 5.82 Å². The van der Waals surface area contributed by atoms with Gasteiger partial charge in [0.05, 0.1) is 18.2 Å². The number of nitrogens with zero attached hydrogens (tertiary/aromatic N) is 4. The van der Waals surface area contributed by atoms with Crippen molar-refractivity contribution in [2.45, 2.75) is 32.1 Å². The van der Waals surface area contributed by atoms with Crippen LogP contribution in [0.3, 0.4) is 0 Å². The first-order chi connectivity index (χ1) is 15.3. The Morgan fingerprint density at radius 2 is 2.12 bits per heavy atom. The Balaban J connectivity index is 0.00000306. The van der Waals surface area contributed by atoms with Gasteiger partial charge in [-0.3, -0.25) is 9.36 Å². The van der Waals surface area contributed by atoms with E-state index < -0.39 is 17.6 Å². The third-order valence-corrected chi connectivity index (χ3v) is 4.98. The zero-order valence-corrected chi connectivity index (χ0v) is 18.7. The van der Waals surface area contributed by atoms with Crippen molar-refractivity contribution in [3.8, 4) is 5.82 Å². The number of ether oxygens (including phenoxy) is 1. The second kappa shape index (κ2) is 10.2.